The van der Waals surface area contributed by atoms with Crippen LogP contribution in [-0.4, -0.2) is 30.6 Å². The van der Waals surface area contributed by atoms with E-state index in [4.69, 9.17) is 16.3 Å². The summed E-state index contributed by atoms with van der Waals surface area (Å²) >= 11 is 5.84. The fourth-order valence-corrected chi connectivity index (χ4v) is 2.78. The third kappa shape index (κ3) is 3.52. The monoisotopic (exact) mass is 268 g/mol. The summed E-state index contributed by atoms with van der Waals surface area (Å²) in [7, 11) is 0. The van der Waals surface area contributed by atoms with E-state index < -0.39 is 0 Å². The van der Waals surface area contributed by atoms with E-state index >= 15 is 0 Å². The van der Waals surface area contributed by atoms with Gasteiger partial charge in [0.1, 0.15) is 5.82 Å². The molecule has 2 rings (SSSR count). The van der Waals surface area contributed by atoms with Crippen molar-refractivity contribution in [1.82, 2.24) is 4.98 Å². The summed E-state index contributed by atoms with van der Waals surface area (Å²) in [4.78, 5) is 6.90. The molecule has 1 unspecified atom stereocenters. The molecule has 4 heteroatoms. The number of ether oxygens (including phenoxy) is 1. The number of halogens is 1. The summed E-state index contributed by atoms with van der Waals surface area (Å²) in [5.74, 6) is 3.20. The third-order valence-corrected chi connectivity index (χ3v) is 3.58. The first-order valence-corrected chi connectivity index (χ1v) is 7.27. The Morgan fingerprint density at radius 3 is 3.17 bits per heavy atom. The van der Waals surface area contributed by atoms with Gasteiger partial charge in [0.05, 0.1) is 6.61 Å². The maximum absolute atomic E-state index is 5.84. The highest BCUT2D eigenvalue weighted by Crippen LogP contribution is 2.25. The first-order chi connectivity index (χ1) is 8.83. The van der Waals surface area contributed by atoms with Gasteiger partial charge in [-0.25, -0.2) is 0 Å². The van der Waals surface area contributed by atoms with Crippen LogP contribution in [0.25, 0.3) is 0 Å². The van der Waals surface area contributed by atoms with Gasteiger partial charge in [-0.3, -0.25) is 0 Å². The highest BCUT2D eigenvalue weighted by Gasteiger charge is 2.20. The molecule has 0 aromatic carbocycles. The molecule has 0 N–H and O–H groups in total. The van der Waals surface area contributed by atoms with Gasteiger partial charge >= 0.3 is 0 Å². The van der Waals surface area contributed by atoms with Gasteiger partial charge in [-0.1, -0.05) is 6.07 Å². The lowest BCUT2D eigenvalue weighted by Gasteiger charge is -2.33. The van der Waals surface area contributed by atoms with Crippen LogP contribution >= 0.6 is 11.6 Å². The Bertz CT molecular complexity index is 371. The van der Waals surface area contributed by atoms with Crippen molar-refractivity contribution in [2.45, 2.75) is 26.2 Å². The molecule has 1 aliphatic heterocycles. The first-order valence-electron chi connectivity index (χ1n) is 6.74. The van der Waals surface area contributed by atoms with Crippen LogP contribution < -0.4 is 9.64 Å². The molecule has 3 nitrogen and oxygen atoms in total. The lowest BCUT2D eigenvalue weighted by molar-refractivity contribution is 0.326. The van der Waals surface area contributed by atoms with Crippen LogP contribution in [0.15, 0.2) is 18.2 Å². The van der Waals surface area contributed by atoms with Crippen LogP contribution in [0.1, 0.15) is 26.2 Å². The normalized spacial score (nSPS) is 19.9. The topological polar surface area (TPSA) is 25.4 Å². The quantitative estimate of drug-likeness (QED) is 0.766. The second kappa shape index (κ2) is 6.83. The van der Waals surface area contributed by atoms with Crippen molar-refractivity contribution in [2.75, 3.05) is 30.5 Å². The molecule has 1 saturated heterocycles. The number of piperidine rings is 1. The smallest absolute Gasteiger partial charge is 0.215 e. The Labute approximate surface area is 114 Å². The summed E-state index contributed by atoms with van der Waals surface area (Å²) in [5.41, 5.74) is 0. The van der Waals surface area contributed by atoms with Crippen molar-refractivity contribution < 1.29 is 4.74 Å². The van der Waals surface area contributed by atoms with Crippen molar-refractivity contribution in [3.63, 3.8) is 0 Å². The summed E-state index contributed by atoms with van der Waals surface area (Å²) in [5, 5.41) is 0. The van der Waals surface area contributed by atoms with Gasteiger partial charge in [0, 0.05) is 25.0 Å². The molecule has 1 fully saturated rings. The molecule has 0 saturated carbocycles. The van der Waals surface area contributed by atoms with E-state index in [1.807, 2.05) is 19.1 Å². The zero-order valence-corrected chi connectivity index (χ0v) is 11.7. The number of hydrogen-bond donors (Lipinski definition) is 0. The zero-order valence-electron chi connectivity index (χ0n) is 10.9. The SMILES string of the molecule is CCOc1cccc(N2CCCC(CCCl)C2)n1. The average molecular weight is 269 g/mol. The van der Waals surface area contributed by atoms with Crippen molar-refractivity contribution in [1.29, 1.82) is 0 Å². The van der Waals surface area contributed by atoms with Crippen molar-refractivity contribution in [3.8, 4) is 5.88 Å². The standard InChI is InChI=1S/C14H21ClN2O/c1-2-18-14-7-3-6-13(16-14)17-10-4-5-12(11-17)8-9-15/h3,6-7,12H,2,4-5,8-11H2,1H3. The first kappa shape index (κ1) is 13.5. The molecule has 0 radical (unpaired) electrons. The lowest BCUT2D eigenvalue weighted by atomic mass is 9.95. The second-order valence-electron chi connectivity index (χ2n) is 4.70. The van der Waals surface area contributed by atoms with E-state index in [1.165, 1.54) is 12.8 Å². The van der Waals surface area contributed by atoms with Gasteiger partial charge in [0.25, 0.3) is 0 Å². The van der Waals surface area contributed by atoms with Gasteiger partial charge in [-0.15, -0.1) is 11.6 Å². The maximum atomic E-state index is 5.84. The van der Waals surface area contributed by atoms with E-state index in [0.29, 0.717) is 12.5 Å². The Morgan fingerprint density at radius 1 is 1.50 bits per heavy atom. The molecule has 0 bridgehead atoms. The van der Waals surface area contributed by atoms with E-state index in [-0.39, 0.29) is 0 Å². The van der Waals surface area contributed by atoms with E-state index in [0.717, 1.165) is 37.1 Å². The largest absolute Gasteiger partial charge is 0.478 e. The molecule has 100 valence electrons. The molecule has 18 heavy (non-hydrogen) atoms. The number of alkyl halides is 1. The molecule has 1 aliphatic rings. The number of anilines is 1. The lowest BCUT2D eigenvalue weighted by Crippen LogP contribution is -2.36. The minimum absolute atomic E-state index is 0.658. The molecular weight excluding hydrogens is 248 g/mol. The van der Waals surface area contributed by atoms with E-state index in [1.54, 1.807) is 0 Å². The average Bonchev–Trinajstić information content (AvgIpc) is 2.40. The number of nitrogens with zero attached hydrogens (tertiary/aromatic N) is 2. The summed E-state index contributed by atoms with van der Waals surface area (Å²) in [6.07, 6.45) is 3.61. The van der Waals surface area contributed by atoms with Crippen LogP contribution in [0.4, 0.5) is 5.82 Å². The number of aromatic nitrogens is 1. The minimum atomic E-state index is 0.658. The fraction of sp³-hybridized carbons (Fsp3) is 0.643. The van der Waals surface area contributed by atoms with Crippen molar-refractivity contribution in [3.05, 3.63) is 18.2 Å². The fourth-order valence-electron chi connectivity index (χ4n) is 2.47. The van der Waals surface area contributed by atoms with Crippen LogP contribution in [0.3, 0.4) is 0 Å². The predicted octanol–water partition coefficient (Wildman–Crippen LogP) is 3.33. The Morgan fingerprint density at radius 2 is 2.39 bits per heavy atom. The highest BCUT2D eigenvalue weighted by molar-refractivity contribution is 6.17. The Hall–Kier alpha value is -0.960. The molecule has 0 amide bonds. The summed E-state index contributed by atoms with van der Waals surface area (Å²) in [6.45, 7) is 4.79. The number of hydrogen-bond acceptors (Lipinski definition) is 3. The summed E-state index contributed by atoms with van der Waals surface area (Å²) in [6, 6.07) is 5.98. The molecule has 2 heterocycles. The van der Waals surface area contributed by atoms with Gasteiger partial charge in [-0.05, 0) is 38.2 Å². The minimum Gasteiger partial charge on any atom is -0.478 e. The van der Waals surface area contributed by atoms with Gasteiger partial charge in [0.2, 0.25) is 5.88 Å². The molecule has 1 aromatic heterocycles. The van der Waals surface area contributed by atoms with Gasteiger partial charge in [-0.2, -0.15) is 4.98 Å². The zero-order chi connectivity index (χ0) is 12.8. The van der Waals surface area contributed by atoms with Crippen molar-refractivity contribution >= 4 is 17.4 Å². The van der Waals surface area contributed by atoms with Crippen LogP contribution in [0, 0.1) is 5.92 Å². The number of pyridine rings is 1. The van der Waals surface area contributed by atoms with E-state index in [9.17, 15) is 0 Å². The van der Waals surface area contributed by atoms with Crippen LogP contribution in [0.5, 0.6) is 5.88 Å². The molecule has 1 aromatic rings. The molecule has 0 aliphatic carbocycles. The van der Waals surface area contributed by atoms with Gasteiger partial charge in [0.15, 0.2) is 0 Å². The van der Waals surface area contributed by atoms with Crippen LogP contribution in [-0.2, 0) is 0 Å². The van der Waals surface area contributed by atoms with Crippen molar-refractivity contribution in [2.24, 2.45) is 5.92 Å². The Balaban J connectivity index is 2.03. The maximum Gasteiger partial charge on any atom is 0.215 e. The van der Waals surface area contributed by atoms with Crippen LogP contribution in [0.2, 0.25) is 0 Å². The highest BCUT2D eigenvalue weighted by atomic mass is 35.5. The van der Waals surface area contributed by atoms with E-state index in [2.05, 4.69) is 16.0 Å². The molecule has 0 spiro atoms. The molecule has 1 atom stereocenters. The van der Waals surface area contributed by atoms with Gasteiger partial charge < -0.3 is 9.64 Å². The second-order valence-corrected chi connectivity index (χ2v) is 5.08. The molecular formula is C14H21ClN2O. The number of rotatable bonds is 5. The third-order valence-electron chi connectivity index (χ3n) is 3.36. The predicted molar refractivity (Wildman–Crippen MR) is 75.7 cm³/mol. The Kier molecular flexibility index (Phi) is 5.12. The summed E-state index contributed by atoms with van der Waals surface area (Å²) < 4.78 is 5.45.